The Balaban J connectivity index is 1.49. The lowest BCUT2D eigenvalue weighted by molar-refractivity contribution is 0.260. The smallest absolute Gasteiger partial charge is 0.228 e. The Hall–Kier alpha value is -2.60. The van der Waals surface area contributed by atoms with Gasteiger partial charge in [0.25, 0.3) is 0 Å². The zero-order valence-electron chi connectivity index (χ0n) is 15.6. The van der Waals surface area contributed by atoms with Crippen LogP contribution in [0.2, 0.25) is 0 Å². The molecule has 3 aromatic rings. The maximum atomic E-state index is 10.6. The van der Waals surface area contributed by atoms with Gasteiger partial charge in [0, 0.05) is 24.3 Å². The summed E-state index contributed by atoms with van der Waals surface area (Å²) in [6.45, 7) is 2.16. The van der Waals surface area contributed by atoms with Crippen LogP contribution in [-0.4, -0.2) is 50.8 Å². The largest absolute Gasteiger partial charge is 0.507 e. The van der Waals surface area contributed by atoms with Crippen LogP contribution >= 0.6 is 0 Å². The molecule has 27 heavy (non-hydrogen) atoms. The van der Waals surface area contributed by atoms with Gasteiger partial charge in [0.2, 0.25) is 5.95 Å². The van der Waals surface area contributed by atoms with Crippen LogP contribution in [0.25, 0.3) is 16.8 Å². The quantitative estimate of drug-likeness (QED) is 0.743. The number of hydrogen-bond acceptors (Lipinski definition) is 5. The molecule has 140 valence electrons. The molecule has 1 atom stereocenters. The molecule has 1 saturated heterocycles. The predicted octanol–water partition coefficient (Wildman–Crippen LogP) is 3.49. The van der Waals surface area contributed by atoms with Gasteiger partial charge in [0.05, 0.1) is 5.52 Å². The van der Waals surface area contributed by atoms with Crippen LogP contribution in [0.1, 0.15) is 37.2 Å². The monoisotopic (exact) mass is 363 g/mol. The molecule has 3 heterocycles. The fourth-order valence-corrected chi connectivity index (χ4v) is 4.13. The molecule has 0 bridgehead atoms. The van der Waals surface area contributed by atoms with Crippen molar-refractivity contribution in [2.75, 3.05) is 25.5 Å². The number of aromatic nitrogens is 3. The molecule has 1 saturated carbocycles. The average molecular weight is 363 g/mol. The lowest BCUT2D eigenvalue weighted by Crippen LogP contribution is -2.40. The first-order chi connectivity index (χ1) is 13.2. The second-order valence-electron chi connectivity index (χ2n) is 7.93. The molecule has 0 spiro atoms. The number of phenolic OH excluding ortho intramolecular Hbond substituents is 1. The van der Waals surface area contributed by atoms with E-state index in [1.54, 1.807) is 0 Å². The molecule has 2 aliphatic rings. The van der Waals surface area contributed by atoms with Crippen LogP contribution in [0, 0.1) is 0 Å². The first kappa shape index (κ1) is 16.6. The zero-order valence-corrected chi connectivity index (χ0v) is 15.6. The minimum atomic E-state index is 0.284. The average Bonchev–Trinajstić information content (AvgIpc) is 3.39. The van der Waals surface area contributed by atoms with Gasteiger partial charge >= 0.3 is 0 Å². The van der Waals surface area contributed by atoms with E-state index >= 15 is 0 Å². The summed E-state index contributed by atoms with van der Waals surface area (Å²) >= 11 is 0. The van der Waals surface area contributed by atoms with Crippen molar-refractivity contribution in [1.82, 2.24) is 19.5 Å². The van der Waals surface area contributed by atoms with E-state index in [0.29, 0.717) is 17.7 Å². The van der Waals surface area contributed by atoms with E-state index in [0.717, 1.165) is 36.5 Å². The van der Waals surface area contributed by atoms with E-state index in [1.165, 1.54) is 24.8 Å². The third-order valence-corrected chi connectivity index (χ3v) is 5.75. The molecule has 1 aliphatic carbocycles. The lowest BCUT2D eigenvalue weighted by Gasteiger charge is -2.30. The van der Waals surface area contributed by atoms with Gasteiger partial charge in [-0.25, -0.2) is 0 Å². The summed E-state index contributed by atoms with van der Waals surface area (Å²) < 4.78 is 2.03. The number of nitrogens with one attached hydrogen (secondary N) is 1. The number of likely N-dealkylation sites (tertiary alicyclic amines) is 1. The van der Waals surface area contributed by atoms with Crippen molar-refractivity contribution in [3.8, 4) is 17.0 Å². The Labute approximate surface area is 158 Å². The number of phenols is 1. The van der Waals surface area contributed by atoms with Gasteiger partial charge in [-0.3, -0.25) is 4.40 Å². The Bertz CT molecular complexity index is 978. The summed E-state index contributed by atoms with van der Waals surface area (Å²) in [4.78, 5) is 2.34. The number of aromatic hydroxyl groups is 1. The number of piperidine rings is 1. The highest BCUT2D eigenvalue weighted by atomic mass is 16.3. The summed E-state index contributed by atoms with van der Waals surface area (Å²) in [7, 11) is 2.15. The van der Waals surface area contributed by atoms with Crippen molar-refractivity contribution >= 4 is 11.5 Å². The van der Waals surface area contributed by atoms with Crippen LogP contribution in [0.15, 0.2) is 36.5 Å². The molecular weight excluding hydrogens is 338 g/mol. The number of hydrogen-bond donors (Lipinski definition) is 2. The second-order valence-corrected chi connectivity index (χ2v) is 7.93. The van der Waals surface area contributed by atoms with E-state index in [4.69, 9.17) is 0 Å². The summed E-state index contributed by atoms with van der Waals surface area (Å²) in [5.41, 5.74) is 3.62. The summed E-state index contributed by atoms with van der Waals surface area (Å²) in [6.07, 6.45) is 6.77. The van der Waals surface area contributed by atoms with Crippen LogP contribution in [-0.2, 0) is 0 Å². The van der Waals surface area contributed by atoms with Crippen LogP contribution in [0.4, 0.5) is 5.95 Å². The normalized spacial score (nSPS) is 20.9. The molecule has 0 radical (unpaired) electrons. The fraction of sp³-hybridized carbons (Fsp3) is 0.429. The minimum Gasteiger partial charge on any atom is -0.507 e. The SMILES string of the molecule is CN1CCC[C@@H](Nc2nnc(-c3ccc(C4CC4)cc3O)c3cccn23)C1. The van der Waals surface area contributed by atoms with Crippen LogP contribution in [0.3, 0.4) is 0 Å². The molecule has 0 amide bonds. The molecule has 2 N–H and O–H groups in total. The highest BCUT2D eigenvalue weighted by Gasteiger charge is 2.25. The highest BCUT2D eigenvalue weighted by Crippen LogP contribution is 2.43. The summed E-state index contributed by atoms with van der Waals surface area (Å²) in [5, 5.41) is 23.1. The number of likely N-dealkylation sites (N-methyl/N-ethyl adjacent to an activating group) is 1. The Morgan fingerprint density at radius 1 is 1.15 bits per heavy atom. The fourth-order valence-electron chi connectivity index (χ4n) is 4.13. The van der Waals surface area contributed by atoms with Crippen molar-refractivity contribution in [1.29, 1.82) is 0 Å². The Morgan fingerprint density at radius 2 is 2.04 bits per heavy atom. The van der Waals surface area contributed by atoms with Gasteiger partial charge in [0.1, 0.15) is 11.4 Å². The van der Waals surface area contributed by atoms with E-state index in [-0.39, 0.29) is 5.75 Å². The van der Waals surface area contributed by atoms with Crippen LogP contribution < -0.4 is 5.32 Å². The third kappa shape index (κ3) is 3.14. The zero-order chi connectivity index (χ0) is 18.4. The molecule has 1 aliphatic heterocycles. The van der Waals surface area contributed by atoms with Crippen molar-refractivity contribution in [3.63, 3.8) is 0 Å². The van der Waals surface area contributed by atoms with Gasteiger partial charge in [-0.15, -0.1) is 10.2 Å². The first-order valence-electron chi connectivity index (χ1n) is 9.81. The topological polar surface area (TPSA) is 65.7 Å². The number of anilines is 1. The Morgan fingerprint density at radius 3 is 2.81 bits per heavy atom. The van der Waals surface area contributed by atoms with Crippen molar-refractivity contribution < 1.29 is 5.11 Å². The number of nitrogens with zero attached hydrogens (tertiary/aromatic N) is 4. The maximum Gasteiger partial charge on any atom is 0.228 e. The molecule has 5 rings (SSSR count). The van der Waals surface area contributed by atoms with Gasteiger partial charge in [-0.2, -0.15) is 0 Å². The van der Waals surface area contributed by atoms with E-state index < -0.39 is 0 Å². The molecule has 6 heteroatoms. The predicted molar refractivity (Wildman–Crippen MR) is 106 cm³/mol. The standard InChI is InChI=1S/C21H25N5O/c1-25-10-2-4-16(13-25)22-21-24-23-20(18-5-3-11-26(18)21)17-9-8-15(12-19(17)27)14-6-7-14/h3,5,8-9,11-12,14,16,27H,2,4,6-7,10,13H2,1H3,(H,22,24)/t16-/m1/s1. The molecule has 1 aromatic carbocycles. The van der Waals surface area contributed by atoms with Gasteiger partial charge in [0.15, 0.2) is 0 Å². The van der Waals surface area contributed by atoms with Crippen molar-refractivity contribution in [2.45, 2.75) is 37.6 Å². The molecular formula is C21H25N5O. The number of benzene rings is 1. The maximum absolute atomic E-state index is 10.6. The summed E-state index contributed by atoms with van der Waals surface area (Å²) in [6, 6.07) is 10.4. The molecule has 0 unspecified atom stereocenters. The number of rotatable bonds is 4. The van der Waals surface area contributed by atoms with E-state index in [1.807, 2.05) is 34.9 Å². The van der Waals surface area contributed by atoms with Gasteiger partial charge in [-0.05, 0) is 75.0 Å². The third-order valence-electron chi connectivity index (χ3n) is 5.75. The van der Waals surface area contributed by atoms with Gasteiger partial charge in [-0.1, -0.05) is 6.07 Å². The van der Waals surface area contributed by atoms with Crippen molar-refractivity contribution in [2.24, 2.45) is 0 Å². The highest BCUT2D eigenvalue weighted by molar-refractivity contribution is 5.81. The molecule has 2 fully saturated rings. The Kier molecular flexibility index (Phi) is 4.01. The first-order valence-corrected chi connectivity index (χ1v) is 9.81. The molecule has 6 nitrogen and oxygen atoms in total. The van der Waals surface area contributed by atoms with E-state index in [9.17, 15) is 5.11 Å². The summed E-state index contributed by atoms with van der Waals surface area (Å²) in [5.74, 6) is 1.66. The molecule has 2 aromatic heterocycles. The second kappa shape index (κ2) is 6.53. The number of fused-ring (bicyclic) bond motifs is 1. The van der Waals surface area contributed by atoms with Crippen molar-refractivity contribution in [3.05, 3.63) is 42.1 Å². The van der Waals surface area contributed by atoms with Gasteiger partial charge < -0.3 is 15.3 Å². The van der Waals surface area contributed by atoms with E-state index in [2.05, 4.69) is 33.5 Å². The van der Waals surface area contributed by atoms with Crippen LogP contribution in [0.5, 0.6) is 5.75 Å². The minimum absolute atomic E-state index is 0.284. The lowest BCUT2D eigenvalue weighted by atomic mass is 10.0.